The van der Waals surface area contributed by atoms with Crippen LogP contribution >= 0.6 is 0 Å². The maximum absolute atomic E-state index is 10.2. The summed E-state index contributed by atoms with van der Waals surface area (Å²) in [5, 5.41) is 0. The van der Waals surface area contributed by atoms with Crippen molar-refractivity contribution >= 4 is 6.09 Å². The van der Waals surface area contributed by atoms with Crippen LogP contribution in [0.3, 0.4) is 0 Å². The Hall–Kier alpha value is -1.72. The van der Waals surface area contributed by atoms with Crippen LogP contribution in [0.2, 0.25) is 0 Å². The van der Waals surface area contributed by atoms with Crippen molar-refractivity contribution in [2.75, 3.05) is 0 Å². The minimum Gasteiger partial charge on any atom is -0.374 e. The van der Waals surface area contributed by atoms with Crippen LogP contribution in [0.4, 0.5) is 4.79 Å². The highest BCUT2D eigenvalue weighted by atomic mass is 16.6. The second-order valence-electron chi connectivity index (χ2n) is 1.74. The smallest absolute Gasteiger partial charge is 0.374 e. The van der Waals surface area contributed by atoms with Gasteiger partial charge in [-0.25, -0.2) is 9.78 Å². The molecule has 6 nitrogen and oxygen atoms in total. The number of ether oxygens (including phenoxy) is 1. The first-order valence-corrected chi connectivity index (χ1v) is 2.81. The molecule has 1 heterocycles. The van der Waals surface area contributed by atoms with Gasteiger partial charge in [-0.15, -0.1) is 0 Å². The van der Waals surface area contributed by atoms with Gasteiger partial charge in [-0.1, -0.05) is 0 Å². The lowest BCUT2D eigenvalue weighted by Gasteiger charge is -1.96. The number of amides is 1. The lowest BCUT2D eigenvalue weighted by atomic mass is 10.7. The number of nitrogens with two attached hydrogens (primary N) is 1. The highest BCUT2D eigenvalue weighted by Gasteiger charge is 2.00. The van der Waals surface area contributed by atoms with Gasteiger partial charge in [-0.3, -0.25) is 0 Å². The predicted molar refractivity (Wildman–Crippen MR) is 34.8 cm³/mol. The quantitative estimate of drug-likeness (QED) is 0.596. The summed E-state index contributed by atoms with van der Waals surface area (Å²) in [6.07, 6.45) is 0.302. The van der Waals surface area contributed by atoms with Gasteiger partial charge in [0.15, 0.2) is 0 Å². The standard InChI is InChI=1S/C5H6N4O2/c1-3-7-2-8-5(9-3)11-4(6)10/h2H,1H3,(H2,6,10). The van der Waals surface area contributed by atoms with Crippen LogP contribution in [0.1, 0.15) is 5.82 Å². The van der Waals surface area contributed by atoms with E-state index in [0.717, 1.165) is 0 Å². The molecule has 1 aromatic heterocycles. The normalized spacial score (nSPS) is 9.18. The Morgan fingerprint density at radius 1 is 1.64 bits per heavy atom. The molecule has 11 heavy (non-hydrogen) atoms. The summed E-state index contributed by atoms with van der Waals surface area (Å²) >= 11 is 0. The molecule has 0 aliphatic carbocycles. The summed E-state index contributed by atoms with van der Waals surface area (Å²) < 4.78 is 4.37. The van der Waals surface area contributed by atoms with E-state index in [1.807, 2.05) is 0 Å². The summed E-state index contributed by atoms with van der Waals surface area (Å²) in [5.74, 6) is 0.469. The molecule has 0 unspecified atom stereocenters. The molecular formula is C5H6N4O2. The molecule has 2 N–H and O–H groups in total. The third-order valence-corrected chi connectivity index (χ3v) is 0.862. The van der Waals surface area contributed by atoms with Gasteiger partial charge in [0.2, 0.25) is 0 Å². The van der Waals surface area contributed by atoms with Crippen LogP contribution in [0.15, 0.2) is 6.33 Å². The van der Waals surface area contributed by atoms with E-state index in [4.69, 9.17) is 5.73 Å². The van der Waals surface area contributed by atoms with Crippen LogP contribution in [-0.2, 0) is 0 Å². The molecule has 1 rings (SSSR count). The number of hydrogen-bond acceptors (Lipinski definition) is 5. The number of primary amides is 1. The molecule has 1 aromatic rings. The summed E-state index contributed by atoms with van der Waals surface area (Å²) in [6, 6.07) is -0.0787. The molecule has 58 valence electrons. The van der Waals surface area contributed by atoms with Crippen LogP contribution in [0.5, 0.6) is 6.01 Å². The number of rotatable bonds is 1. The topological polar surface area (TPSA) is 91.0 Å². The lowest BCUT2D eigenvalue weighted by Crippen LogP contribution is -2.18. The zero-order chi connectivity index (χ0) is 8.27. The minimum atomic E-state index is -0.935. The fourth-order valence-electron chi connectivity index (χ4n) is 0.497. The van der Waals surface area contributed by atoms with Gasteiger partial charge in [0, 0.05) is 0 Å². The molecule has 0 bridgehead atoms. The molecule has 0 fully saturated rings. The molecule has 1 amide bonds. The van der Waals surface area contributed by atoms with E-state index in [2.05, 4.69) is 19.7 Å². The van der Waals surface area contributed by atoms with Gasteiger partial charge < -0.3 is 10.5 Å². The van der Waals surface area contributed by atoms with Crippen LogP contribution in [0.25, 0.3) is 0 Å². The Morgan fingerprint density at radius 2 is 2.36 bits per heavy atom. The lowest BCUT2D eigenvalue weighted by molar-refractivity contribution is 0.206. The Morgan fingerprint density at radius 3 is 2.91 bits per heavy atom. The summed E-state index contributed by atoms with van der Waals surface area (Å²) in [4.78, 5) is 21.1. The zero-order valence-corrected chi connectivity index (χ0v) is 5.81. The van der Waals surface area contributed by atoms with E-state index in [9.17, 15) is 4.79 Å². The van der Waals surface area contributed by atoms with Gasteiger partial charge in [0.25, 0.3) is 0 Å². The number of hydrogen-bond donors (Lipinski definition) is 1. The van der Waals surface area contributed by atoms with Gasteiger partial charge in [0.05, 0.1) is 0 Å². The van der Waals surface area contributed by atoms with Crippen molar-refractivity contribution < 1.29 is 9.53 Å². The summed E-state index contributed by atoms with van der Waals surface area (Å²) in [5.41, 5.74) is 4.71. The molecule has 0 radical (unpaired) electrons. The van der Waals surface area contributed by atoms with Crippen molar-refractivity contribution in [1.29, 1.82) is 0 Å². The molecule has 0 aliphatic heterocycles. The Kier molecular flexibility index (Phi) is 1.95. The van der Waals surface area contributed by atoms with Crippen molar-refractivity contribution in [2.24, 2.45) is 5.73 Å². The van der Waals surface area contributed by atoms with E-state index in [0.29, 0.717) is 5.82 Å². The van der Waals surface area contributed by atoms with Gasteiger partial charge in [-0.05, 0) is 6.92 Å². The highest BCUT2D eigenvalue weighted by molar-refractivity contribution is 5.66. The van der Waals surface area contributed by atoms with Crippen molar-refractivity contribution in [3.05, 3.63) is 12.2 Å². The first-order valence-electron chi connectivity index (χ1n) is 2.81. The molecule has 0 atom stereocenters. The van der Waals surface area contributed by atoms with Gasteiger partial charge in [0.1, 0.15) is 12.2 Å². The molecule has 0 aromatic carbocycles. The van der Waals surface area contributed by atoms with Crippen molar-refractivity contribution in [3.63, 3.8) is 0 Å². The number of carbonyl (C=O) groups is 1. The molecule has 0 aliphatic rings. The number of aryl methyl sites for hydroxylation is 1. The van der Waals surface area contributed by atoms with Gasteiger partial charge >= 0.3 is 12.1 Å². The third-order valence-electron chi connectivity index (χ3n) is 0.862. The number of carbonyl (C=O) groups excluding carboxylic acids is 1. The maximum Gasteiger partial charge on any atom is 0.412 e. The molecule has 6 heteroatoms. The largest absolute Gasteiger partial charge is 0.412 e. The second-order valence-corrected chi connectivity index (χ2v) is 1.74. The van der Waals surface area contributed by atoms with Crippen molar-refractivity contribution in [1.82, 2.24) is 15.0 Å². The Bertz CT molecular complexity index is 275. The van der Waals surface area contributed by atoms with Crippen LogP contribution in [0, 0.1) is 6.92 Å². The highest BCUT2D eigenvalue weighted by Crippen LogP contribution is 1.97. The first-order chi connectivity index (χ1) is 5.18. The summed E-state index contributed by atoms with van der Waals surface area (Å²) in [7, 11) is 0. The van der Waals surface area contributed by atoms with Crippen LogP contribution in [-0.4, -0.2) is 21.0 Å². The SMILES string of the molecule is Cc1ncnc(OC(N)=O)n1. The van der Waals surface area contributed by atoms with E-state index in [1.165, 1.54) is 6.33 Å². The zero-order valence-electron chi connectivity index (χ0n) is 5.81. The Labute approximate surface area is 62.4 Å². The van der Waals surface area contributed by atoms with Crippen molar-refractivity contribution in [2.45, 2.75) is 6.92 Å². The second kappa shape index (κ2) is 2.91. The maximum atomic E-state index is 10.2. The number of nitrogens with zero attached hydrogens (tertiary/aromatic N) is 3. The number of aromatic nitrogens is 3. The third kappa shape index (κ3) is 2.17. The van der Waals surface area contributed by atoms with E-state index < -0.39 is 6.09 Å². The fraction of sp³-hybridized carbons (Fsp3) is 0.200. The van der Waals surface area contributed by atoms with E-state index >= 15 is 0 Å². The monoisotopic (exact) mass is 154 g/mol. The van der Waals surface area contributed by atoms with Crippen LogP contribution < -0.4 is 10.5 Å². The first kappa shape index (κ1) is 7.39. The molecule has 0 saturated heterocycles. The summed E-state index contributed by atoms with van der Waals surface area (Å²) in [6.45, 7) is 1.65. The Balaban J connectivity index is 2.79. The minimum absolute atomic E-state index is 0.0787. The molecule has 0 saturated carbocycles. The molecular weight excluding hydrogens is 148 g/mol. The van der Waals surface area contributed by atoms with Gasteiger partial charge in [-0.2, -0.15) is 9.97 Å². The fourth-order valence-corrected chi connectivity index (χ4v) is 0.497. The van der Waals surface area contributed by atoms with E-state index in [-0.39, 0.29) is 6.01 Å². The average Bonchev–Trinajstić information content (AvgIpc) is 1.85. The average molecular weight is 154 g/mol. The van der Waals surface area contributed by atoms with E-state index in [1.54, 1.807) is 6.92 Å². The van der Waals surface area contributed by atoms with Crippen molar-refractivity contribution in [3.8, 4) is 6.01 Å². The predicted octanol–water partition coefficient (Wildman–Crippen LogP) is -0.362. The molecule has 0 spiro atoms.